The number of aromatic nitrogens is 1. The lowest BCUT2D eigenvalue weighted by Gasteiger charge is -2.24. The van der Waals surface area contributed by atoms with Crippen LogP contribution in [0, 0.1) is 11.8 Å². The predicted octanol–water partition coefficient (Wildman–Crippen LogP) is 1.25. The number of hydrogen-bond acceptors (Lipinski definition) is 4. The summed E-state index contributed by atoms with van der Waals surface area (Å²) in [5.41, 5.74) is 0.878. The molecule has 0 aliphatic heterocycles. The Bertz CT molecular complexity index is 494. The van der Waals surface area contributed by atoms with Gasteiger partial charge in [-0.05, 0) is 25.3 Å². The van der Waals surface area contributed by atoms with Crippen LogP contribution < -0.4 is 0 Å². The Labute approximate surface area is 118 Å². The summed E-state index contributed by atoms with van der Waals surface area (Å²) in [5.74, 6) is 6.02. The fraction of sp³-hybridized carbons (Fsp3) is 0.429. The maximum Gasteiger partial charge on any atom is 0.273 e. The van der Waals surface area contributed by atoms with Crippen LogP contribution in [0.25, 0.3) is 0 Å². The quantitative estimate of drug-likeness (QED) is 0.842. The van der Waals surface area contributed by atoms with Crippen molar-refractivity contribution in [1.82, 2.24) is 9.88 Å². The van der Waals surface area contributed by atoms with Crippen LogP contribution in [0.1, 0.15) is 23.0 Å². The molecule has 1 amide bonds. The molecule has 1 atom stereocenters. The highest BCUT2D eigenvalue weighted by Crippen LogP contribution is 2.11. The SMILES string of the molecule is CSCC(C)N(C)C(=O)c1ncccc1C#CCO. The molecule has 1 rings (SSSR count). The van der Waals surface area contributed by atoms with E-state index in [1.807, 2.05) is 13.2 Å². The van der Waals surface area contributed by atoms with E-state index in [1.165, 1.54) is 0 Å². The van der Waals surface area contributed by atoms with Gasteiger partial charge >= 0.3 is 0 Å². The van der Waals surface area contributed by atoms with Gasteiger partial charge in [0, 0.05) is 25.0 Å². The molecule has 0 aliphatic carbocycles. The zero-order valence-corrected chi connectivity index (χ0v) is 12.2. The minimum absolute atomic E-state index is 0.128. The minimum Gasteiger partial charge on any atom is -0.384 e. The predicted molar refractivity (Wildman–Crippen MR) is 78.1 cm³/mol. The van der Waals surface area contributed by atoms with Gasteiger partial charge in [0.2, 0.25) is 0 Å². The van der Waals surface area contributed by atoms with Crippen LogP contribution in [-0.4, -0.2) is 52.6 Å². The molecule has 0 bridgehead atoms. The Hall–Kier alpha value is -1.51. The Kier molecular flexibility index (Phi) is 6.40. The summed E-state index contributed by atoms with van der Waals surface area (Å²) >= 11 is 1.69. The number of aliphatic hydroxyl groups excluding tert-OH is 1. The summed E-state index contributed by atoms with van der Waals surface area (Å²) in [4.78, 5) is 18.2. The van der Waals surface area contributed by atoms with Gasteiger partial charge in [-0.2, -0.15) is 11.8 Å². The molecular weight excluding hydrogens is 260 g/mol. The molecule has 1 unspecified atom stereocenters. The lowest BCUT2D eigenvalue weighted by molar-refractivity contribution is 0.0751. The Morgan fingerprint density at radius 1 is 1.63 bits per heavy atom. The third-order valence-electron chi connectivity index (χ3n) is 2.70. The topological polar surface area (TPSA) is 53.4 Å². The van der Waals surface area contributed by atoms with Gasteiger partial charge in [0.05, 0.1) is 5.56 Å². The smallest absolute Gasteiger partial charge is 0.273 e. The minimum atomic E-state index is -0.235. The van der Waals surface area contributed by atoms with Crippen LogP contribution in [0.4, 0.5) is 0 Å². The molecule has 0 spiro atoms. The fourth-order valence-corrected chi connectivity index (χ4v) is 2.24. The number of carbonyl (C=O) groups is 1. The number of pyridine rings is 1. The van der Waals surface area contributed by atoms with E-state index in [0.29, 0.717) is 11.3 Å². The fourth-order valence-electron chi connectivity index (χ4n) is 1.53. The summed E-state index contributed by atoms with van der Waals surface area (Å²) in [6.07, 6.45) is 3.58. The zero-order valence-electron chi connectivity index (χ0n) is 11.4. The maximum absolute atomic E-state index is 12.4. The Morgan fingerprint density at radius 3 is 3.00 bits per heavy atom. The van der Waals surface area contributed by atoms with Crippen molar-refractivity contribution >= 4 is 17.7 Å². The lowest BCUT2D eigenvalue weighted by Crippen LogP contribution is -2.37. The average Bonchev–Trinajstić information content (AvgIpc) is 2.44. The van der Waals surface area contributed by atoms with Gasteiger partial charge in [0.15, 0.2) is 0 Å². The molecule has 0 aromatic carbocycles. The summed E-state index contributed by atoms with van der Waals surface area (Å²) in [6.45, 7) is 1.76. The van der Waals surface area contributed by atoms with E-state index in [-0.39, 0.29) is 18.6 Å². The number of nitrogens with zero attached hydrogens (tertiary/aromatic N) is 2. The van der Waals surface area contributed by atoms with Gasteiger partial charge in [0.25, 0.3) is 5.91 Å². The number of carbonyl (C=O) groups excluding carboxylic acids is 1. The van der Waals surface area contributed by atoms with Gasteiger partial charge in [-0.15, -0.1) is 0 Å². The van der Waals surface area contributed by atoms with E-state index in [0.717, 1.165) is 5.75 Å². The zero-order chi connectivity index (χ0) is 14.3. The number of rotatable bonds is 4. The molecule has 19 heavy (non-hydrogen) atoms. The second-order valence-electron chi connectivity index (χ2n) is 4.08. The standard InChI is InChI=1S/C14H18N2O2S/c1-11(10-19-3)16(2)14(18)13-12(7-5-9-17)6-4-8-15-13/h4,6,8,11,17H,9-10H2,1-3H3. The molecule has 1 heterocycles. The van der Waals surface area contributed by atoms with E-state index >= 15 is 0 Å². The highest BCUT2D eigenvalue weighted by molar-refractivity contribution is 7.98. The van der Waals surface area contributed by atoms with Crippen LogP contribution in [0.3, 0.4) is 0 Å². The normalized spacial score (nSPS) is 11.4. The molecule has 1 N–H and O–H groups in total. The van der Waals surface area contributed by atoms with Crippen LogP contribution in [-0.2, 0) is 0 Å². The highest BCUT2D eigenvalue weighted by Gasteiger charge is 2.20. The van der Waals surface area contributed by atoms with Crippen LogP contribution >= 0.6 is 11.8 Å². The largest absolute Gasteiger partial charge is 0.384 e. The number of amides is 1. The molecular formula is C14H18N2O2S. The summed E-state index contributed by atoms with van der Waals surface area (Å²) in [6, 6.07) is 3.59. The van der Waals surface area contributed by atoms with Crippen molar-refractivity contribution in [2.75, 3.05) is 25.7 Å². The van der Waals surface area contributed by atoms with Gasteiger partial charge in [0.1, 0.15) is 12.3 Å². The van der Waals surface area contributed by atoms with E-state index < -0.39 is 0 Å². The van der Waals surface area contributed by atoms with Crippen molar-refractivity contribution < 1.29 is 9.90 Å². The van der Waals surface area contributed by atoms with E-state index in [4.69, 9.17) is 5.11 Å². The molecule has 0 radical (unpaired) electrons. The Balaban J connectivity index is 2.99. The van der Waals surface area contributed by atoms with E-state index in [9.17, 15) is 4.79 Å². The highest BCUT2D eigenvalue weighted by atomic mass is 32.2. The second kappa shape index (κ2) is 7.82. The molecule has 102 valence electrons. The number of thioether (sulfide) groups is 1. The van der Waals surface area contributed by atoms with E-state index in [1.54, 1.807) is 42.0 Å². The first-order valence-corrected chi connectivity index (χ1v) is 7.32. The second-order valence-corrected chi connectivity index (χ2v) is 4.99. The van der Waals surface area contributed by atoms with Gasteiger partial charge in [-0.25, -0.2) is 4.98 Å². The number of aliphatic hydroxyl groups is 1. The van der Waals surface area contributed by atoms with Crippen molar-refractivity contribution in [1.29, 1.82) is 0 Å². The molecule has 0 fully saturated rings. The summed E-state index contributed by atoms with van der Waals surface area (Å²) in [5, 5.41) is 8.73. The van der Waals surface area contributed by atoms with Crippen molar-refractivity contribution in [3.63, 3.8) is 0 Å². The summed E-state index contributed by atoms with van der Waals surface area (Å²) in [7, 11) is 1.77. The third-order valence-corrected chi connectivity index (χ3v) is 3.52. The first kappa shape index (κ1) is 15.5. The first-order chi connectivity index (χ1) is 9.11. The van der Waals surface area contributed by atoms with Crippen LogP contribution in [0.2, 0.25) is 0 Å². The van der Waals surface area contributed by atoms with Crippen LogP contribution in [0.5, 0.6) is 0 Å². The lowest BCUT2D eigenvalue weighted by atomic mass is 10.1. The first-order valence-electron chi connectivity index (χ1n) is 5.92. The Morgan fingerprint density at radius 2 is 2.37 bits per heavy atom. The molecule has 0 aliphatic rings. The van der Waals surface area contributed by atoms with Crippen molar-refractivity contribution in [2.45, 2.75) is 13.0 Å². The van der Waals surface area contributed by atoms with E-state index in [2.05, 4.69) is 16.8 Å². The monoisotopic (exact) mass is 278 g/mol. The van der Waals surface area contributed by atoms with Crippen molar-refractivity contribution in [2.24, 2.45) is 0 Å². The molecule has 1 aromatic heterocycles. The average molecular weight is 278 g/mol. The molecule has 0 saturated carbocycles. The molecule has 1 aromatic rings. The number of hydrogen-bond donors (Lipinski definition) is 1. The van der Waals surface area contributed by atoms with Crippen molar-refractivity contribution in [3.05, 3.63) is 29.6 Å². The maximum atomic E-state index is 12.4. The molecule has 5 heteroatoms. The van der Waals surface area contributed by atoms with Gasteiger partial charge in [-0.1, -0.05) is 11.8 Å². The third kappa shape index (κ3) is 4.27. The van der Waals surface area contributed by atoms with Crippen molar-refractivity contribution in [3.8, 4) is 11.8 Å². The van der Waals surface area contributed by atoms with Crippen LogP contribution in [0.15, 0.2) is 18.3 Å². The van der Waals surface area contributed by atoms with Gasteiger partial charge < -0.3 is 10.0 Å². The molecule has 4 nitrogen and oxygen atoms in total. The molecule has 0 saturated heterocycles. The summed E-state index contributed by atoms with van der Waals surface area (Å²) < 4.78 is 0. The van der Waals surface area contributed by atoms with Gasteiger partial charge in [-0.3, -0.25) is 4.79 Å².